The number of piperidine rings is 1. The Labute approximate surface area is 150 Å². The van der Waals surface area contributed by atoms with Crippen LogP contribution in [0.1, 0.15) is 23.3 Å². The molecule has 1 fully saturated rings. The minimum atomic E-state index is -0.324. The van der Waals surface area contributed by atoms with Gasteiger partial charge in [0.2, 0.25) is 0 Å². The maximum atomic E-state index is 13.7. The monoisotopic (exact) mass is 377 g/mol. The third-order valence-corrected chi connectivity index (χ3v) is 4.53. The first-order valence-electron chi connectivity index (χ1n) is 6.90. The molecule has 2 aromatic rings. The number of thiazole rings is 1. The largest absolute Gasteiger partial charge is 0.337 e. The van der Waals surface area contributed by atoms with Gasteiger partial charge in [-0.15, -0.1) is 36.2 Å². The van der Waals surface area contributed by atoms with E-state index in [2.05, 4.69) is 4.98 Å². The smallest absolute Gasteiger partial charge is 0.273 e. The molecule has 1 aromatic carbocycles. The Morgan fingerprint density at radius 3 is 2.57 bits per heavy atom. The standard InChI is InChI=1S/C15H16FN3OS.2ClH/c16-12-4-2-1-3-11(12)14-18-13(9-21-14)15(20)19-7-5-10(17)6-8-19;;/h1-4,9-10H,5-8,17H2;2*1H. The van der Waals surface area contributed by atoms with Crippen molar-refractivity contribution in [2.75, 3.05) is 13.1 Å². The average molecular weight is 378 g/mol. The lowest BCUT2D eigenvalue weighted by atomic mass is 10.1. The lowest BCUT2D eigenvalue weighted by Gasteiger charge is -2.29. The summed E-state index contributed by atoms with van der Waals surface area (Å²) in [5.74, 6) is -0.421. The van der Waals surface area contributed by atoms with E-state index >= 15 is 0 Å². The fourth-order valence-corrected chi connectivity index (χ4v) is 3.22. The number of nitrogens with zero attached hydrogens (tertiary/aromatic N) is 2. The molecule has 0 unspecified atom stereocenters. The maximum Gasteiger partial charge on any atom is 0.273 e. The van der Waals surface area contributed by atoms with E-state index < -0.39 is 0 Å². The van der Waals surface area contributed by atoms with Crippen molar-refractivity contribution in [1.29, 1.82) is 0 Å². The summed E-state index contributed by atoms with van der Waals surface area (Å²) in [5, 5.41) is 2.23. The minimum absolute atomic E-state index is 0. The fourth-order valence-electron chi connectivity index (χ4n) is 2.39. The Morgan fingerprint density at radius 1 is 1.26 bits per heavy atom. The van der Waals surface area contributed by atoms with E-state index in [1.54, 1.807) is 28.5 Å². The van der Waals surface area contributed by atoms with Crippen molar-refractivity contribution >= 4 is 42.1 Å². The van der Waals surface area contributed by atoms with Crippen LogP contribution >= 0.6 is 36.2 Å². The summed E-state index contributed by atoms with van der Waals surface area (Å²) in [4.78, 5) is 18.4. The zero-order valence-corrected chi connectivity index (χ0v) is 14.7. The van der Waals surface area contributed by atoms with E-state index in [0.717, 1.165) is 12.8 Å². The van der Waals surface area contributed by atoms with E-state index in [1.807, 2.05) is 0 Å². The Balaban J connectivity index is 0.00000132. The lowest BCUT2D eigenvalue weighted by molar-refractivity contribution is 0.0709. The molecule has 0 radical (unpaired) electrons. The van der Waals surface area contributed by atoms with Crippen molar-refractivity contribution in [1.82, 2.24) is 9.88 Å². The van der Waals surface area contributed by atoms with Crippen molar-refractivity contribution in [3.05, 3.63) is 41.2 Å². The van der Waals surface area contributed by atoms with Gasteiger partial charge in [0, 0.05) is 30.1 Å². The number of likely N-dealkylation sites (tertiary alicyclic amines) is 1. The molecule has 0 aliphatic carbocycles. The summed E-state index contributed by atoms with van der Waals surface area (Å²) in [5.41, 5.74) is 6.66. The zero-order valence-electron chi connectivity index (χ0n) is 12.3. The van der Waals surface area contributed by atoms with Crippen LogP contribution in [0, 0.1) is 5.82 Å². The molecule has 1 aliphatic heterocycles. The van der Waals surface area contributed by atoms with Crippen molar-refractivity contribution in [2.45, 2.75) is 18.9 Å². The molecular weight excluding hydrogens is 360 g/mol. The SMILES string of the molecule is Cl.Cl.NC1CCN(C(=O)c2csc(-c3ccccc3F)n2)CC1. The summed E-state index contributed by atoms with van der Waals surface area (Å²) in [6.45, 7) is 1.32. The van der Waals surface area contributed by atoms with Gasteiger partial charge in [-0.2, -0.15) is 0 Å². The summed E-state index contributed by atoms with van der Waals surface area (Å²) in [6, 6.07) is 6.63. The highest BCUT2D eigenvalue weighted by Crippen LogP contribution is 2.26. The van der Waals surface area contributed by atoms with Crippen LogP contribution in [-0.4, -0.2) is 34.9 Å². The molecule has 0 spiro atoms. The molecule has 3 rings (SSSR count). The van der Waals surface area contributed by atoms with Crippen LogP contribution in [0.25, 0.3) is 10.6 Å². The number of rotatable bonds is 2. The molecule has 0 saturated carbocycles. The number of carbonyl (C=O) groups excluding carboxylic acids is 1. The molecule has 1 saturated heterocycles. The van der Waals surface area contributed by atoms with E-state index in [-0.39, 0.29) is 42.6 Å². The second-order valence-electron chi connectivity index (χ2n) is 5.15. The number of hydrogen-bond donors (Lipinski definition) is 1. The van der Waals surface area contributed by atoms with Gasteiger partial charge in [-0.3, -0.25) is 4.79 Å². The second-order valence-corrected chi connectivity index (χ2v) is 6.01. The summed E-state index contributed by atoms with van der Waals surface area (Å²) < 4.78 is 13.7. The van der Waals surface area contributed by atoms with E-state index in [9.17, 15) is 9.18 Å². The summed E-state index contributed by atoms with van der Waals surface area (Å²) >= 11 is 1.29. The van der Waals surface area contributed by atoms with Gasteiger partial charge in [0.1, 0.15) is 16.5 Å². The first kappa shape index (κ1) is 19.8. The van der Waals surface area contributed by atoms with Crippen molar-refractivity contribution < 1.29 is 9.18 Å². The number of halogens is 3. The number of carbonyl (C=O) groups is 1. The first-order valence-corrected chi connectivity index (χ1v) is 7.78. The van der Waals surface area contributed by atoms with Gasteiger partial charge in [-0.05, 0) is 25.0 Å². The van der Waals surface area contributed by atoms with Gasteiger partial charge < -0.3 is 10.6 Å². The van der Waals surface area contributed by atoms with Gasteiger partial charge in [0.15, 0.2) is 0 Å². The molecule has 1 amide bonds. The topological polar surface area (TPSA) is 59.2 Å². The molecular formula is C15H18Cl2FN3OS. The van der Waals surface area contributed by atoms with Crippen molar-refractivity contribution in [2.24, 2.45) is 5.73 Å². The predicted octanol–water partition coefficient (Wildman–Crippen LogP) is 3.36. The molecule has 8 heteroatoms. The van der Waals surface area contributed by atoms with Crippen LogP contribution in [-0.2, 0) is 0 Å². The number of hydrogen-bond acceptors (Lipinski definition) is 4. The second kappa shape index (κ2) is 8.59. The van der Waals surface area contributed by atoms with E-state index in [0.29, 0.717) is 29.4 Å². The van der Waals surface area contributed by atoms with Crippen LogP contribution in [0.3, 0.4) is 0 Å². The molecule has 0 atom stereocenters. The van der Waals surface area contributed by atoms with E-state index in [4.69, 9.17) is 5.73 Å². The highest BCUT2D eigenvalue weighted by atomic mass is 35.5. The molecule has 2 heterocycles. The summed E-state index contributed by atoms with van der Waals surface area (Å²) in [7, 11) is 0. The highest BCUT2D eigenvalue weighted by molar-refractivity contribution is 7.13. The molecule has 1 aromatic heterocycles. The molecule has 4 nitrogen and oxygen atoms in total. The quantitative estimate of drug-likeness (QED) is 0.872. The van der Waals surface area contributed by atoms with Gasteiger partial charge in [0.25, 0.3) is 5.91 Å². The van der Waals surface area contributed by atoms with Crippen LogP contribution < -0.4 is 5.73 Å². The Morgan fingerprint density at radius 2 is 1.91 bits per heavy atom. The average Bonchev–Trinajstić information content (AvgIpc) is 2.97. The number of nitrogens with two attached hydrogens (primary N) is 1. The van der Waals surface area contributed by atoms with Gasteiger partial charge in [-0.25, -0.2) is 9.37 Å². The number of aromatic nitrogens is 1. The predicted molar refractivity (Wildman–Crippen MR) is 95.1 cm³/mol. The molecule has 23 heavy (non-hydrogen) atoms. The van der Waals surface area contributed by atoms with Gasteiger partial charge in [0.05, 0.1) is 0 Å². The summed E-state index contributed by atoms with van der Waals surface area (Å²) in [6.07, 6.45) is 1.63. The minimum Gasteiger partial charge on any atom is -0.337 e. The Kier molecular flexibility index (Phi) is 7.41. The van der Waals surface area contributed by atoms with Crippen LogP contribution in [0.4, 0.5) is 4.39 Å². The first-order chi connectivity index (χ1) is 10.1. The molecule has 1 aliphatic rings. The molecule has 0 bridgehead atoms. The van der Waals surface area contributed by atoms with Crippen LogP contribution in [0.2, 0.25) is 0 Å². The normalized spacial score (nSPS) is 14.8. The number of amides is 1. The highest BCUT2D eigenvalue weighted by Gasteiger charge is 2.23. The Hall–Kier alpha value is -1.21. The molecule has 126 valence electrons. The van der Waals surface area contributed by atoms with Gasteiger partial charge in [-0.1, -0.05) is 12.1 Å². The van der Waals surface area contributed by atoms with Crippen molar-refractivity contribution in [3.8, 4) is 10.6 Å². The fraction of sp³-hybridized carbons (Fsp3) is 0.333. The third-order valence-electron chi connectivity index (χ3n) is 3.65. The van der Waals surface area contributed by atoms with Crippen molar-refractivity contribution in [3.63, 3.8) is 0 Å². The maximum absolute atomic E-state index is 13.7. The van der Waals surface area contributed by atoms with Crippen LogP contribution in [0.15, 0.2) is 29.6 Å². The molecule has 2 N–H and O–H groups in total. The van der Waals surface area contributed by atoms with E-state index in [1.165, 1.54) is 17.4 Å². The van der Waals surface area contributed by atoms with Crippen LogP contribution in [0.5, 0.6) is 0 Å². The lowest BCUT2D eigenvalue weighted by Crippen LogP contribution is -2.42. The zero-order chi connectivity index (χ0) is 14.8. The number of benzene rings is 1. The third kappa shape index (κ3) is 4.41. The van der Waals surface area contributed by atoms with Gasteiger partial charge >= 0.3 is 0 Å². The Bertz CT molecular complexity index is 660.